The summed E-state index contributed by atoms with van der Waals surface area (Å²) < 4.78 is 2.35. The van der Waals surface area contributed by atoms with E-state index < -0.39 is 0 Å². The van der Waals surface area contributed by atoms with Crippen LogP contribution in [0.1, 0.15) is 25.0 Å². The van der Waals surface area contributed by atoms with Gasteiger partial charge in [-0.1, -0.05) is 122 Å². The first-order chi connectivity index (χ1) is 26.6. The van der Waals surface area contributed by atoms with Crippen LogP contribution in [0, 0.1) is 0 Å². The van der Waals surface area contributed by atoms with Gasteiger partial charge in [-0.3, -0.25) is 4.98 Å². The van der Waals surface area contributed by atoms with E-state index in [4.69, 9.17) is 9.97 Å². The standard InChI is InChI=1S/C48H32N4S2/c1-48(2)36-16-8-6-14-33(36)43-37(48)20-22-41-47(43)54-46-34(15-10-18-40(46)53-41)45-42(29-23-25-49-26-24-29)44(50-28-51-45)30-19-21-39-35(27-30)32-13-7-9-17-38(32)52(39)31-11-4-3-5-12-31/h3-28H,1-2H3. The van der Waals surface area contributed by atoms with Crippen LogP contribution in [0.3, 0.4) is 0 Å². The van der Waals surface area contributed by atoms with Crippen LogP contribution >= 0.6 is 23.5 Å². The molecule has 0 radical (unpaired) electrons. The fourth-order valence-corrected chi connectivity index (χ4v) is 11.2. The molecule has 0 N–H and O–H groups in total. The fourth-order valence-electron chi connectivity index (χ4n) is 8.61. The smallest absolute Gasteiger partial charge is 0.116 e. The van der Waals surface area contributed by atoms with E-state index in [2.05, 4.69) is 163 Å². The summed E-state index contributed by atoms with van der Waals surface area (Å²) in [6.45, 7) is 4.70. The van der Waals surface area contributed by atoms with E-state index in [-0.39, 0.29) is 5.41 Å². The lowest BCUT2D eigenvalue weighted by molar-refractivity contribution is 0.659. The predicted molar refractivity (Wildman–Crippen MR) is 223 cm³/mol. The Morgan fingerprint density at radius 2 is 1.26 bits per heavy atom. The lowest BCUT2D eigenvalue weighted by atomic mass is 9.82. The van der Waals surface area contributed by atoms with Crippen molar-refractivity contribution in [2.75, 3.05) is 0 Å². The summed E-state index contributed by atoms with van der Waals surface area (Å²) in [7, 11) is 0. The van der Waals surface area contributed by atoms with Crippen molar-refractivity contribution in [1.29, 1.82) is 0 Å². The van der Waals surface area contributed by atoms with E-state index in [0.717, 1.165) is 44.8 Å². The SMILES string of the molecule is CC1(C)c2ccccc2-c2c1ccc1c2Sc2c(cccc2-c2ncnc(-c3ccc4c(c3)c3ccccc3n4-c3ccccc3)c2-c2ccncc2)S1. The Balaban J connectivity index is 1.11. The van der Waals surface area contributed by atoms with E-state index in [1.165, 1.54) is 58.1 Å². The maximum absolute atomic E-state index is 5.10. The average molecular weight is 729 g/mol. The minimum absolute atomic E-state index is 0.0590. The molecule has 0 saturated carbocycles. The molecule has 4 heterocycles. The van der Waals surface area contributed by atoms with Crippen molar-refractivity contribution in [2.45, 2.75) is 38.8 Å². The van der Waals surface area contributed by atoms with Crippen molar-refractivity contribution in [3.63, 3.8) is 0 Å². The van der Waals surface area contributed by atoms with Gasteiger partial charge in [-0.15, -0.1) is 0 Å². The molecular formula is C48H32N4S2. The van der Waals surface area contributed by atoms with Crippen LogP contribution in [0.2, 0.25) is 0 Å². The number of hydrogen-bond donors (Lipinski definition) is 0. The van der Waals surface area contributed by atoms with Crippen LogP contribution in [-0.2, 0) is 5.41 Å². The minimum atomic E-state index is -0.0590. The van der Waals surface area contributed by atoms with E-state index in [1.807, 2.05) is 35.9 Å². The number of pyridine rings is 1. The highest BCUT2D eigenvalue weighted by Gasteiger charge is 2.39. The zero-order valence-corrected chi connectivity index (χ0v) is 31.2. The summed E-state index contributed by atoms with van der Waals surface area (Å²) in [5.74, 6) is 0. The second-order valence-corrected chi connectivity index (χ2v) is 16.5. The third-order valence-corrected chi connectivity index (χ3v) is 13.8. The normalized spacial score (nSPS) is 13.7. The first-order valence-corrected chi connectivity index (χ1v) is 19.8. The molecule has 0 unspecified atom stereocenters. The molecule has 54 heavy (non-hydrogen) atoms. The highest BCUT2D eigenvalue weighted by atomic mass is 32.2. The van der Waals surface area contributed by atoms with Gasteiger partial charge in [0.1, 0.15) is 6.33 Å². The number of fused-ring (bicyclic) bond motifs is 9. The molecule has 0 atom stereocenters. The Morgan fingerprint density at radius 3 is 2.15 bits per heavy atom. The number of aromatic nitrogens is 4. The lowest BCUT2D eigenvalue weighted by Gasteiger charge is -2.26. The third-order valence-electron chi connectivity index (χ3n) is 11.1. The minimum Gasteiger partial charge on any atom is -0.309 e. The van der Waals surface area contributed by atoms with Crippen LogP contribution in [0.4, 0.5) is 0 Å². The van der Waals surface area contributed by atoms with Crippen molar-refractivity contribution in [3.8, 4) is 50.5 Å². The molecule has 4 nitrogen and oxygen atoms in total. The number of hydrogen-bond acceptors (Lipinski definition) is 5. The van der Waals surface area contributed by atoms with Crippen molar-refractivity contribution >= 4 is 45.3 Å². The van der Waals surface area contributed by atoms with Gasteiger partial charge in [-0.05, 0) is 76.9 Å². The van der Waals surface area contributed by atoms with Crippen LogP contribution in [0.15, 0.2) is 178 Å². The lowest BCUT2D eigenvalue weighted by Crippen LogP contribution is -2.14. The zero-order chi connectivity index (χ0) is 36.0. The number of nitrogens with zero attached hydrogens (tertiary/aromatic N) is 4. The van der Waals surface area contributed by atoms with Gasteiger partial charge >= 0.3 is 0 Å². The molecule has 3 aromatic heterocycles. The molecule has 6 aromatic carbocycles. The van der Waals surface area contributed by atoms with Gasteiger partial charge in [0.25, 0.3) is 0 Å². The fraction of sp³-hybridized carbons (Fsp3) is 0.0625. The molecule has 1 aliphatic heterocycles. The van der Waals surface area contributed by atoms with Gasteiger partial charge in [0, 0.05) is 76.1 Å². The maximum atomic E-state index is 5.10. The second-order valence-electron chi connectivity index (χ2n) is 14.4. The van der Waals surface area contributed by atoms with Gasteiger partial charge < -0.3 is 4.57 Å². The van der Waals surface area contributed by atoms with E-state index in [1.54, 1.807) is 6.33 Å². The van der Waals surface area contributed by atoms with Crippen LogP contribution < -0.4 is 0 Å². The van der Waals surface area contributed by atoms with Crippen molar-refractivity contribution in [3.05, 3.63) is 169 Å². The average Bonchev–Trinajstić information content (AvgIpc) is 3.68. The summed E-state index contributed by atoms with van der Waals surface area (Å²) in [6, 6.07) is 50.4. The summed E-state index contributed by atoms with van der Waals surface area (Å²) in [6.07, 6.45) is 5.45. The van der Waals surface area contributed by atoms with Crippen molar-refractivity contribution in [1.82, 2.24) is 19.5 Å². The molecule has 6 heteroatoms. The maximum Gasteiger partial charge on any atom is 0.116 e. The molecule has 0 bridgehead atoms. The molecule has 0 fully saturated rings. The van der Waals surface area contributed by atoms with E-state index in [9.17, 15) is 0 Å². The highest BCUT2D eigenvalue weighted by molar-refractivity contribution is 8.05. The summed E-state index contributed by atoms with van der Waals surface area (Å²) in [5, 5.41) is 2.39. The molecule has 11 rings (SSSR count). The second kappa shape index (κ2) is 12.0. The van der Waals surface area contributed by atoms with Gasteiger partial charge in [0.05, 0.1) is 22.4 Å². The quantitative estimate of drug-likeness (QED) is 0.180. The zero-order valence-electron chi connectivity index (χ0n) is 29.6. The molecule has 0 saturated heterocycles. The predicted octanol–water partition coefficient (Wildman–Crippen LogP) is 12.9. The summed E-state index contributed by atoms with van der Waals surface area (Å²) in [4.78, 5) is 19.6. The Labute approximate surface area is 322 Å². The molecule has 1 aliphatic carbocycles. The summed E-state index contributed by atoms with van der Waals surface area (Å²) >= 11 is 3.75. The van der Waals surface area contributed by atoms with Crippen molar-refractivity contribution < 1.29 is 0 Å². The van der Waals surface area contributed by atoms with Crippen LogP contribution in [0.5, 0.6) is 0 Å². The Bertz CT molecular complexity index is 2970. The Kier molecular flexibility index (Phi) is 7.04. The third kappa shape index (κ3) is 4.63. The largest absolute Gasteiger partial charge is 0.309 e. The monoisotopic (exact) mass is 728 g/mol. The molecule has 2 aliphatic rings. The number of benzene rings is 6. The van der Waals surface area contributed by atoms with E-state index in [0.29, 0.717) is 0 Å². The first-order valence-electron chi connectivity index (χ1n) is 18.2. The number of rotatable bonds is 4. The molecule has 256 valence electrons. The topological polar surface area (TPSA) is 43.6 Å². The molecule has 0 amide bonds. The molecule has 0 spiro atoms. The number of para-hydroxylation sites is 2. The molecular weight excluding hydrogens is 697 g/mol. The molecule has 9 aromatic rings. The Hall–Kier alpha value is -5.95. The summed E-state index contributed by atoms with van der Waals surface area (Å²) in [5.41, 5.74) is 14.9. The van der Waals surface area contributed by atoms with Crippen LogP contribution in [-0.4, -0.2) is 19.5 Å². The van der Waals surface area contributed by atoms with E-state index >= 15 is 0 Å². The van der Waals surface area contributed by atoms with Gasteiger partial charge in [-0.2, -0.15) is 0 Å². The first kappa shape index (κ1) is 31.6. The van der Waals surface area contributed by atoms with Gasteiger partial charge in [-0.25, -0.2) is 9.97 Å². The van der Waals surface area contributed by atoms with Gasteiger partial charge in [0.2, 0.25) is 0 Å². The Morgan fingerprint density at radius 1 is 0.519 bits per heavy atom. The van der Waals surface area contributed by atoms with Gasteiger partial charge in [0.15, 0.2) is 0 Å². The highest BCUT2D eigenvalue weighted by Crippen LogP contribution is 2.60. The van der Waals surface area contributed by atoms with Crippen molar-refractivity contribution in [2.24, 2.45) is 0 Å². The van der Waals surface area contributed by atoms with Crippen LogP contribution in [0.25, 0.3) is 72.3 Å².